The minimum atomic E-state index is 0.616. The normalized spacial score (nSPS) is 15.2. The smallest absolute Gasteiger partial charge is 0.0593 e. The van der Waals surface area contributed by atoms with Crippen molar-refractivity contribution in [1.82, 2.24) is 10.2 Å². The van der Waals surface area contributed by atoms with Gasteiger partial charge in [-0.2, -0.15) is 0 Å². The van der Waals surface area contributed by atoms with Crippen LogP contribution in [0.15, 0.2) is 0 Å². The van der Waals surface area contributed by atoms with Crippen LogP contribution in [0.1, 0.15) is 41.0 Å². The molecule has 0 aromatic rings. The number of hydrogen-bond acceptors (Lipinski definition) is 3. The number of ether oxygens (including phenoxy) is 1. The van der Waals surface area contributed by atoms with Crippen molar-refractivity contribution >= 4 is 0 Å². The molecule has 104 valence electrons. The number of likely N-dealkylation sites (N-methyl/N-ethyl adjacent to an activating group) is 1. The lowest BCUT2D eigenvalue weighted by Gasteiger charge is -2.32. The Kier molecular flexibility index (Phi) is 10.9. The van der Waals surface area contributed by atoms with Crippen LogP contribution in [-0.2, 0) is 4.74 Å². The fraction of sp³-hybridized carbons (Fsp3) is 1.00. The van der Waals surface area contributed by atoms with Crippen LogP contribution in [0.25, 0.3) is 0 Å². The first-order valence-electron chi connectivity index (χ1n) is 7.19. The van der Waals surface area contributed by atoms with Crippen LogP contribution in [0.2, 0.25) is 0 Å². The van der Waals surface area contributed by atoms with Gasteiger partial charge in [-0.3, -0.25) is 4.90 Å². The van der Waals surface area contributed by atoms with Gasteiger partial charge in [0, 0.05) is 19.2 Å². The van der Waals surface area contributed by atoms with Crippen molar-refractivity contribution in [2.24, 2.45) is 5.92 Å². The minimum Gasteiger partial charge on any atom is -0.380 e. The summed E-state index contributed by atoms with van der Waals surface area (Å²) in [5.74, 6) is 0.683. The molecule has 0 aliphatic heterocycles. The topological polar surface area (TPSA) is 24.5 Å². The number of hydrogen-bond donors (Lipinski definition) is 1. The maximum absolute atomic E-state index is 5.44. The molecule has 0 aromatic heterocycles. The maximum atomic E-state index is 5.44. The van der Waals surface area contributed by atoms with Crippen molar-refractivity contribution in [2.75, 3.05) is 39.4 Å². The molecule has 0 radical (unpaired) electrons. The van der Waals surface area contributed by atoms with Gasteiger partial charge in [-0.15, -0.1) is 0 Å². The Morgan fingerprint density at radius 2 is 1.88 bits per heavy atom. The lowest BCUT2D eigenvalue weighted by atomic mass is 10.0. The van der Waals surface area contributed by atoms with E-state index in [1.807, 2.05) is 0 Å². The van der Waals surface area contributed by atoms with Gasteiger partial charge >= 0.3 is 0 Å². The van der Waals surface area contributed by atoms with Crippen molar-refractivity contribution in [3.05, 3.63) is 0 Å². The molecule has 2 atom stereocenters. The van der Waals surface area contributed by atoms with E-state index in [1.54, 1.807) is 0 Å². The summed E-state index contributed by atoms with van der Waals surface area (Å²) in [5, 5.41) is 3.50. The lowest BCUT2D eigenvalue weighted by Crippen LogP contribution is -2.42. The molecule has 0 aliphatic rings. The van der Waals surface area contributed by atoms with Crippen LogP contribution >= 0.6 is 0 Å². The quantitative estimate of drug-likeness (QED) is 0.565. The second-order valence-electron chi connectivity index (χ2n) is 4.75. The Bertz CT molecular complexity index is 164. The van der Waals surface area contributed by atoms with Crippen LogP contribution in [0.3, 0.4) is 0 Å². The molecule has 3 heteroatoms. The van der Waals surface area contributed by atoms with E-state index in [2.05, 4.69) is 44.8 Å². The highest BCUT2D eigenvalue weighted by Crippen LogP contribution is 2.09. The zero-order valence-electron chi connectivity index (χ0n) is 12.5. The van der Waals surface area contributed by atoms with E-state index in [4.69, 9.17) is 4.74 Å². The van der Waals surface area contributed by atoms with Crippen molar-refractivity contribution in [1.29, 1.82) is 0 Å². The standard InChI is InChI=1S/C14H32N2O/c1-6-9-15-12-13(4)14(5)16(7-2)10-11-17-8-3/h13-15H,6-12H2,1-5H3. The first kappa shape index (κ1) is 16.9. The summed E-state index contributed by atoms with van der Waals surface area (Å²) in [6.45, 7) is 17.2. The number of rotatable bonds is 11. The van der Waals surface area contributed by atoms with Gasteiger partial charge in [0.15, 0.2) is 0 Å². The first-order valence-corrected chi connectivity index (χ1v) is 7.19. The molecule has 0 spiro atoms. The van der Waals surface area contributed by atoms with Crippen molar-refractivity contribution in [3.8, 4) is 0 Å². The van der Waals surface area contributed by atoms with Gasteiger partial charge in [-0.25, -0.2) is 0 Å². The highest BCUT2D eigenvalue weighted by molar-refractivity contribution is 4.73. The van der Waals surface area contributed by atoms with Gasteiger partial charge in [0.25, 0.3) is 0 Å². The van der Waals surface area contributed by atoms with Gasteiger partial charge in [-0.1, -0.05) is 20.8 Å². The zero-order valence-corrected chi connectivity index (χ0v) is 12.5. The van der Waals surface area contributed by atoms with Crippen LogP contribution in [0.5, 0.6) is 0 Å². The van der Waals surface area contributed by atoms with E-state index in [-0.39, 0.29) is 0 Å². The van der Waals surface area contributed by atoms with Crippen molar-refractivity contribution < 1.29 is 4.74 Å². The Morgan fingerprint density at radius 3 is 2.41 bits per heavy atom. The van der Waals surface area contributed by atoms with Crippen molar-refractivity contribution in [2.45, 2.75) is 47.1 Å². The fourth-order valence-corrected chi connectivity index (χ4v) is 2.01. The number of nitrogens with zero attached hydrogens (tertiary/aromatic N) is 1. The molecule has 0 bridgehead atoms. The molecule has 17 heavy (non-hydrogen) atoms. The summed E-state index contributed by atoms with van der Waals surface area (Å²) < 4.78 is 5.44. The molecule has 0 aliphatic carbocycles. The van der Waals surface area contributed by atoms with Gasteiger partial charge in [-0.05, 0) is 45.8 Å². The Balaban J connectivity index is 3.90. The van der Waals surface area contributed by atoms with Crippen LogP contribution in [-0.4, -0.2) is 50.3 Å². The molecule has 0 heterocycles. The molecule has 3 nitrogen and oxygen atoms in total. The molecule has 2 unspecified atom stereocenters. The zero-order chi connectivity index (χ0) is 13.1. The number of nitrogens with one attached hydrogen (secondary N) is 1. The summed E-state index contributed by atoms with van der Waals surface area (Å²) in [6, 6.07) is 0.616. The molecular formula is C14H32N2O. The van der Waals surface area contributed by atoms with Gasteiger partial charge in [0.05, 0.1) is 6.61 Å². The Hall–Kier alpha value is -0.120. The maximum Gasteiger partial charge on any atom is 0.0593 e. The van der Waals surface area contributed by atoms with Crippen LogP contribution in [0, 0.1) is 5.92 Å². The first-order chi connectivity index (χ1) is 8.17. The third-order valence-corrected chi connectivity index (χ3v) is 3.43. The van der Waals surface area contributed by atoms with Gasteiger partial charge in [0.1, 0.15) is 0 Å². The summed E-state index contributed by atoms with van der Waals surface area (Å²) >= 11 is 0. The summed E-state index contributed by atoms with van der Waals surface area (Å²) in [6.07, 6.45) is 1.21. The second kappa shape index (κ2) is 11.0. The Labute approximate surface area is 108 Å². The van der Waals surface area contributed by atoms with E-state index in [0.29, 0.717) is 12.0 Å². The molecule has 0 amide bonds. The third kappa shape index (κ3) is 7.74. The minimum absolute atomic E-state index is 0.616. The molecule has 0 fully saturated rings. The highest BCUT2D eigenvalue weighted by Gasteiger charge is 2.18. The average Bonchev–Trinajstić information content (AvgIpc) is 2.34. The monoisotopic (exact) mass is 244 g/mol. The molecule has 1 N–H and O–H groups in total. The summed E-state index contributed by atoms with van der Waals surface area (Å²) in [7, 11) is 0. The lowest BCUT2D eigenvalue weighted by molar-refractivity contribution is 0.0866. The van der Waals surface area contributed by atoms with Gasteiger partial charge < -0.3 is 10.1 Å². The second-order valence-corrected chi connectivity index (χ2v) is 4.75. The van der Waals surface area contributed by atoms with Crippen LogP contribution < -0.4 is 5.32 Å². The van der Waals surface area contributed by atoms with Crippen LogP contribution in [0.4, 0.5) is 0 Å². The summed E-state index contributed by atoms with van der Waals surface area (Å²) in [5.41, 5.74) is 0. The van der Waals surface area contributed by atoms with Gasteiger partial charge in [0.2, 0.25) is 0 Å². The van der Waals surface area contributed by atoms with E-state index < -0.39 is 0 Å². The largest absolute Gasteiger partial charge is 0.380 e. The average molecular weight is 244 g/mol. The predicted octanol–water partition coefficient (Wildman–Crippen LogP) is 2.37. The molecular weight excluding hydrogens is 212 g/mol. The highest BCUT2D eigenvalue weighted by atomic mass is 16.5. The summed E-state index contributed by atoms with van der Waals surface area (Å²) in [4.78, 5) is 2.51. The van der Waals surface area contributed by atoms with E-state index >= 15 is 0 Å². The SMILES string of the molecule is CCCNCC(C)C(C)N(CC)CCOCC. The molecule has 0 saturated carbocycles. The fourth-order valence-electron chi connectivity index (χ4n) is 2.01. The molecule has 0 rings (SSSR count). The Morgan fingerprint density at radius 1 is 1.18 bits per heavy atom. The van der Waals surface area contributed by atoms with E-state index in [0.717, 1.165) is 39.4 Å². The van der Waals surface area contributed by atoms with Crippen molar-refractivity contribution in [3.63, 3.8) is 0 Å². The predicted molar refractivity (Wildman–Crippen MR) is 75.5 cm³/mol. The third-order valence-electron chi connectivity index (χ3n) is 3.43. The van der Waals surface area contributed by atoms with E-state index in [1.165, 1.54) is 6.42 Å². The molecule has 0 aromatic carbocycles. The van der Waals surface area contributed by atoms with E-state index in [9.17, 15) is 0 Å². The molecule has 0 saturated heterocycles.